The largest absolute Gasteiger partial charge is 0.495 e. The van der Waals surface area contributed by atoms with E-state index in [1.165, 1.54) is 25.3 Å². The van der Waals surface area contributed by atoms with Crippen molar-refractivity contribution in [2.45, 2.75) is 6.92 Å². The predicted molar refractivity (Wildman–Crippen MR) is 101 cm³/mol. The molecule has 7 nitrogen and oxygen atoms in total. The molecule has 3 N–H and O–H groups in total. The SMILES string of the molecule is COc1ccc(C(=O)O)cc1NC(=S)NC(=O)COc1cccc(C)c1. The molecule has 0 unspecified atom stereocenters. The van der Waals surface area contributed by atoms with Gasteiger partial charge in [-0.3, -0.25) is 10.1 Å². The molecule has 0 aliphatic rings. The van der Waals surface area contributed by atoms with Crippen molar-refractivity contribution in [3.05, 3.63) is 53.6 Å². The van der Waals surface area contributed by atoms with Gasteiger partial charge in [0.05, 0.1) is 18.4 Å². The Kier molecular flexibility index (Phi) is 6.51. The number of nitrogens with one attached hydrogen (secondary N) is 2. The number of thiocarbonyl (C=S) groups is 1. The molecule has 0 aromatic heterocycles. The summed E-state index contributed by atoms with van der Waals surface area (Å²) >= 11 is 5.08. The van der Waals surface area contributed by atoms with Crippen LogP contribution in [-0.4, -0.2) is 35.8 Å². The topological polar surface area (TPSA) is 96.9 Å². The number of amides is 1. The van der Waals surface area contributed by atoms with Gasteiger partial charge in [0.25, 0.3) is 5.91 Å². The average molecular weight is 374 g/mol. The number of methoxy groups -OCH3 is 1. The first-order valence-corrected chi connectivity index (χ1v) is 8.01. The third-order valence-electron chi connectivity index (χ3n) is 3.31. The summed E-state index contributed by atoms with van der Waals surface area (Å²) in [7, 11) is 1.44. The van der Waals surface area contributed by atoms with Crippen molar-refractivity contribution in [2.24, 2.45) is 0 Å². The van der Waals surface area contributed by atoms with Crippen molar-refractivity contribution in [3.8, 4) is 11.5 Å². The number of aromatic carboxylic acids is 1. The summed E-state index contributed by atoms with van der Waals surface area (Å²) in [4.78, 5) is 23.0. The van der Waals surface area contributed by atoms with Crippen LogP contribution in [-0.2, 0) is 4.79 Å². The molecule has 2 aromatic rings. The fourth-order valence-electron chi connectivity index (χ4n) is 2.11. The number of carboxylic acid groups (broad SMARTS) is 1. The van der Waals surface area contributed by atoms with Crippen LogP contribution in [0.4, 0.5) is 5.69 Å². The molecule has 0 aliphatic carbocycles. The molecule has 0 spiro atoms. The molecule has 0 atom stereocenters. The molecule has 0 saturated heterocycles. The molecular weight excluding hydrogens is 356 g/mol. The van der Waals surface area contributed by atoms with Gasteiger partial charge in [-0.15, -0.1) is 0 Å². The Morgan fingerprint density at radius 3 is 2.62 bits per heavy atom. The minimum atomic E-state index is -1.09. The van der Waals surface area contributed by atoms with Crippen LogP contribution >= 0.6 is 12.2 Å². The molecule has 1 amide bonds. The van der Waals surface area contributed by atoms with Crippen LogP contribution in [0.15, 0.2) is 42.5 Å². The maximum Gasteiger partial charge on any atom is 0.335 e. The molecular formula is C18H18N2O5S. The number of carboxylic acids is 1. The highest BCUT2D eigenvalue weighted by atomic mass is 32.1. The molecule has 0 bridgehead atoms. The molecule has 0 heterocycles. The number of carbonyl (C=O) groups is 2. The summed E-state index contributed by atoms with van der Waals surface area (Å²) in [6.07, 6.45) is 0. The fraction of sp³-hybridized carbons (Fsp3) is 0.167. The first-order valence-electron chi connectivity index (χ1n) is 7.60. The van der Waals surface area contributed by atoms with E-state index in [0.717, 1.165) is 5.56 Å². The second-order valence-electron chi connectivity index (χ2n) is 5.33. The first-order chi connectivity index (χ1) is 12.4. The van der Waals surface area contributed by atoms with Crippen LogP contribution in [0.1, 0.15) is 15.9 Å². The van der Waals surface area contributed by atoms with Crippen LogP contribution in [0.3, 0.4) is 0 Å². The van der Waals surface area contributed by atoms with E-state index in [-0.39, 0.29) is 17.3 Å². The lowest BCUT2D eigenvalue weighted by molar-refractivity contribution is -0.121. The van der Waals surface area contributed by atoms with Gasteiger partial charge in [-0.1, -0.05) is 12.1 Å². The Hall–Kier alpha value is -3.13. The van der Waals surface area contributed by atoms with Crippen molar-refractivity contribution in [3.63, 3.8) is 0 Å². The standard InChI is InChI=1S/C18H18N2O5S/c1-11-4-3-5-13(8-11)25-10-16(21)20-18(26)19-14-9-12(17(22)23)6-7-15(14)24-2/h3-9H,10H2,1-2H3,(H,22,23)(H2,19,20,21,26). The van der Waals surface area contributed by atoms with Crippen LogP contribution < -0.4 is 20.1 Å². The Morgan fingerprint density at radius 2 is 1.96 bits per heavy atom. The van der Waals surface area contributed by atoms with Crippen molar-refractivity contribution < 1.29 is 24.2 Å². The Balaban J connectivity index is 1.94. The van der Waals surface area contributed by atoms with Crippen LogP contribution in [0.25, 0.3) is 0 Å². The van der Waals surface area contributed by atoms with Gasteiger partial charge in [0.15, 0.2) is 11.7 Å². The van der Waals surface area contributed by atoms with Crippen molar-refractivity contribution in [1.29, 1.82) is 0 Å². The highest BCUT2D eigenvalue weighted by Crippen LogP contribution is 2.25. The monoisotopic (exact) mass is 374 g/mol. The zero-order chi connectivity index (χ0) is 19.1. The highest BCUT2D eigenvalue weighted by molar-refractivity contribution is 7.80. The predicted octanol–water partition coefficient (Wildman–Crippen LogP) is 2.59. The van der Waals surface area contributed by atoms with Gasteiger partial charge in [0.2, 0.25) is 0 Å². The number of aryl methyl sites for hydroxylation is 1. The van der Waals surface area contributed by atoms with Crippen molar-refractivity contribution in [1.82, 2.24) is 5.32 Å². The summed E-state index contributed by atoms with van der Waals surface area (Å²) in [5, 5.41) is 14.3. The minimum absolute atomic E-state index is 0.00341. The smallest absolute Gasteiger partial charge is 0.335 e. The number of rotatable bonds is 6. The van der Waals surface area contributed by atoms with Crippen molar-refractivity contribution in [2.75, 3.05) is 19.0 Å². The van der Waals surface area contributed by atoms with E-state index in [0.29, 0.717) is 17.2 Å². The number of hydrogen-bond donors (Lipinski definition) is 3. The third-order valence-corrected chi connectivity index (χ3v) is 3.51. The molecule has 8 heteroatoms. The molecule has 2 aromatic carbocycles. The summed E-state index contributed by atoms with van der Waals surface area (Å²) in [5.74, 6) is -0.563. The van der Waals surface area contributed by atoms with E-state index < -0.39 is 11.9 Å². The van der Waals surface area contributed by atoms with Gasteiger partial charge in [0.1, 0.15) is 11.5 Å². The van der Waals surface area contributed by atoms with E-state index >= 15 is 0 Å². The molecule has 26 heavy (non-hydrogen) atoms. The fourth-order valence-corrected chi connectivity index (χ4v) is 2.33. The maximum atomic E-state index is 11.9. The van der Waals surface area contributed by atoms with Crippen LogP contribution in [0.2, 0.25) is 0 Å². The van der Waals surface area contributed by atoms with E-state index in [1.807, 2.05) is 25.1 Å². The second-order valence-corrected chi connectivity index (χ2v) is 5.74. The Labute approximate surface area is 155 Å². The molecule has 136 valence electrons. The first kappa shape index (κ1) is 19.2. The number of benzene rings is 2. The minimum Gasteiger partial charge on any atom is -0.495 e. The molecule has 2 rings (SSSR count). The Morgan fingerprint density at radius 1 is 1.19 bits per heavy atom. The number of hydrogen-bond acceptors (Lipinski definition) is 5. The normalized spacial score (nSPS) is 9.92. The second kappa shape index (κ2) is 8.82. The van der Waals surface area contributed by atoms with Gasteiger partial charge in [0, 0.05) is 0 Å². The summed E-state index contributed by atoms with van der Waals surface area (Å²) < 4.78 is 10.5. The van der Waals surface area contributed by atoms with E-state index in [9.17, 15) is 9.59 Å². The van der Waals surface area contributed by atoms with E-state index in [2.05, 4.69) is 10.6 Å². The maximum absolute atomic E-state index is 11.9. The molecule has 0 aliphatic heterocycles. The molecule has 0 fully saturated rings. The number of ether oxygens (including phenoxy) is 2. The number of carbonyl (C=O) groups excluding carboxylic acids is 1. The van der Waals surface area contributed by atoms with Crippen LogP contribution in [0, 0.1) is 6.92 Å². The van der Waals surface area contributed by atoms with E-state index in [4.69, 9.17) is 26.8 Å². The summed E-state index contributed by atoms with van der Waals surface area (Å²) in [6, 6.07) is 11.6. The molecule has 0 radical (unpaired) electrons. The van der Waals surface area contributed by atoms with Crippen molar-refractivity contribution >= 4 is 34.9 Å². The Bertz CT molecular complexity index is 838. The number of anilines is 1. The highest BCUT2D eigenvalue weighted by Gasteiger charge is 2.12. The van der Waals surface area contributed by atoms with E-state index in [1.54, 1.807) is 6.07 Å². The van der Waals surface area contributed by atoms with Crippen LogP contribution in [0.5, 0.6) is 11.5 Å². The quantitative estimate of drug-likeness (QED) is 0.669. The average Bonchev–Trinajstić information content (AvgIpc) is 2.59. The lowest BCUT2D eigenvalue weighted by atomic mass is 10.2. The lowest BCUT2D eigenvalue weighted by Gasteiger charge is -2.13. The zero-order valence-electron chi connectivity index (χ0n) is 14.2. The van der Waals surface area contributed by atoms with Gasteiger partial charge in [-0.2, -0.15) is 0 Å². The summed E-state index contributed by atoms with van der Waals surface area (Å²) in [6.45, 7) is 1.71. The van der Waals surface area contributed by atoms with Gasteiger partial charge >= 0.3 is 5.97 Å². The summed E-state index contributed by atoms with van der Waals surface area (Å²) in [5.41, 5.74) is 1.41. The lowest BCUT2D eigenvalue weighted by Crippen LogP contribution is -2.37. The third kappa shape index (κ3) is 5.45. The molecule has 0 saturated carbocycles. The van der Waals surface area contributed by atoms with Gasteiger partial charge in [-0.05, 0) is 55.0 Å². The zero-order valence-corrected chi connectivity index (χ0v) is 15.1. The van der Waals surface area contributed by atoms with Gasteiger partial charge < -0.3 is 19.9 Å². The van der Waals surface area contributed by atoms with Gasteiger partial charge in [-0.25, -0.2) is 4.79 Å².